The maximum absolute atomic E-state index is 11.9. The topological polar surface area (TPSA) is 45.7 Å². The quantitative estimate of drug-likeness (QED) is 0.823. The number of hydrogen-bond acceptors (Lipinski definition) is 4. The molecule has 0 aromatic carbocycles. The zero-order valence-electron chi connectivity index (χ0n) is 12.0. The monoisotopic (exact) mass is 275 g/mol. The van der Waals surface area contributed by atoms with Crippen LogP contribution in [0.1, 0.15) is 12.8 Å². The lowest BCUT2D eigenvalue weighted by Gasteiger charge is -2.27. The summed E-state index contributed by atoms with van der Waals surface area (Å²) in [5.74, 6) is 1.38. The summed E-state index contributed by atoms with van der Waals surface area (Å²) in [6.45, 7) is 1.46. The molecule has 0 unspecified atom stereocenters. The van der Waals surface area contributed by atoms with Crippen LogP contribution in [-0.2, 0) is 4.79 Å². The van der Waals surface area contributed by atoms with E-state index in [1.165, 1.54) is 6.42 Å². The fraction of sp³-hybridized carbons (Fsp3) is 0.600. The van der Waals surface area contributed by atoms with E-state index < -0.39 is 0 Å². The third-order valence-corrected chi connectivity index (χ3v) is 4.35. The van der Waals surface area contributed by atoms with Gasteiger partial charge in [0.15, 0.2) is 0 Å². The van der Waals surface area contributed by atoms with E-state index in [9.17, 15) is 4.79 Å². The van der Waals surface area contributed by atoms with Crippen LogP contribution in [0.2, 0.25) is 0 Å². The summed E-state index contributed by atoms with van der Waals surface area (Å²) in [5, 5.41) is 0. The summed E-state index contributed by atoms with van der Waals surface area (Å²) in [7, 11) is 3.61. The van der Waals surface area contributed by atoms with Crippen molar-refractivity contribution in [1.82, 2.24) is 14.8 Å². The number of likely N-dealkylation sites (tertiary alicyclic amines) is 1. The second-order valence-corrected chi connectivity index (χ2v) is 5.87. The second kappa shape index (κ2) is 5.40. The summed E-state index contributed by atoms with van der Waals surface area (Å²) in [6.07, 6.45) is 4.23. The highest BCUT2D eigenvalue weighted by Gasteiger charge is 2.49. The molecule has 1 aromatic rings. The molecule has 1 aliphatic heterocycles. The molecule has 108 valence electrons. The molecule has 0 N–H and O–H groups in total. The number of pyridine rings is 1. The molecule has 1 aliphatic carbocycles. The third kappa shape index (κ3) is 2.50. The van der Waals surface area contributed by atoms with Crippen molar-refractivity contribution in [2.45, 2.75) is 25.0 Å². The number of ether oxygens (including phenoxy) is 1. The van der Waals surface area contributed by atoms with Crippen molar-refractivity contribution in [2.75, 3.05) is 27.2 Å². The van der Waals surface area contributed by atoms with Gasteiger partial charge in [-0.05, 0) is 18.9 Å². The molecule has 2 aliphatic rings. The van der Waals surface area contributed by atoms with E-state index in [0.29, 0.717) is 24.4 Å². The summed E-state index contributed by atoms with van der Waals surface area (Å²) < 4.78 is 6.06. The zero-order chi connectivity index (χ0) is 14.1. The van der Waals surface area contributed by atoms with E-state index in [-0.39, 0.29) is 12.0 Å². The second-order valence-electron chi connectivity index (χ2n) is 5.87. The first-order valence-electron chi connectivity index (χ1n) is 7.17. The van der Waals surface area contributed by atoms with Crippen LogP contribution in [-0.4, -0.2) is 60.0 Å². The van der Waals surface area contributed by atoms with Crippen LogP contribution in [0.3, 0.4) is 0 Å². The van der Waals surface area contributed by atoms with Gasteiger partial charge < -0.3 is 9.64 Å². The molecule has 0 spiro atoms. The number of hydrogen-bond donors (Lipinski definition) is 0. The standard InChI is InChI=1S/C15H21N3O2/c1-17(2)14(19)10-18-9-11-6-7-12(18)15(11)20-13-5-3-4-8-16-13/h3-5,8,11-12,15H,6-7,9-10H2,1-2H3/t11-,12+,15-/m1/s1. The summed E-state index contributed by atoms with van der Waals surface area (Å²) in [6, 6.07) is 6.07. The summed E-state index contributed by atoms with van der Waals surface area (Å²) >= 11 is 0. The zero-order valence-corrected chi connectivity index (χ0v) is 12.0. The van der Waals surface area contributed by atoms with Crippen molar-refractivity contribution < 1.29 is 9.53 Å². The van der Waals surface area contributed by atoms with Crippen molar-refractivity contribution in [3.63, 3.8) is 0 Å². The Bertz CT molecular complexity index is 477. The molecule has 1 amide bonds. The van der Waals surface area contributed by atoms with E-state index >= 15 is 0 Å². The van der Waals surface area contributed by atoms with Gasteiger partial charge in [0.05, 0.1) is 6.54 Å². The van der Waals surface area contributed by atoms with Crippen LogP contribution in [0.15, 0.2) is 24.4 Å². The molecule has 5 heteroatoms. The molecule has 5 nitrogen and oxygen atoms in total. The van der Waals surface area contributed by atoms with Crippen molar-refractivity contribution >= 4 is 5.91 Å². The van der Waals surface area contributed by atoms with Gasteiger partial charge in [0.2, 0.25) is 11.8 Å². The van der Waals surface area contributed by atoms with Gasteiger partial charge in [-0.3, -0.25) is 9.69 Å². The Morgan fingerprint density at radius 2 is 2.30 bits per heavy atom. The molecule has 1 aromatic heterocycles. The van der Waals surface area contributed by atoms with Crippen molar-refractivity contribution in [3.8, 4) is 5.88 Å². The van der Waals surface area contributed by atoms with Crippen molar-refractivity contribution in [1.29, 1.82) is 0 Å². The lowest BCUT2D eigenvalue weighted by Crippen LogP contribution is -2.42. The van der Waals surface area contributed by atoms with Crippen LogP contribution in [0.4, 0.5) is 0 Å². The fourth-order valence-electron chi connectivity index (χ4n) is 3.28. The first-order valence-corrected chi connectivity index (χ1v) is 7.17. The Labute approximate surface area is 119 Å². The number of fused-ring (bicyclic) bond motifs is 2. The minimum Gasteiger partial charge on any atom is -0.472 e. The number of rotatable bonds is 4. The Hall–Kier alpha value is -1.62. The van der Waals surface area contributed by atoms with E-state index in [4.69, 9.17) is 4.74 Å². The molecule has 2 heterocycles. The lowest BCUT2D eigenvalue weighted by atomic mass is 10.1. The molecule has 2 fully saturated rings. The van der Waals surface area contributed by atoms with Crippen molar-refractivity contribution in [3.05, 3.63) is 24.4 Å². The highest BCUT2D eigenvalue weighted by molar-refractivity contribution is 5.77. The average Bonchev–Trinajstić information content (AvgIpc) is 2.96. The molecule has 1 saturated carbocycles. The Balaban J connectivity index is 1.65. The number of nitrogens with zero attached hydrogens (tertiary/aromatic N) is 3. The molecule has 20 heavy (non-hydrogen) atoms. The van der Waals surface area contributed by atoms with Crippen LogP contribution in [0, 0.1) is 5.92 Å². The highest BCUT2D eigenvalue weighted by Crippen LogP contribution is 2.39. The number of carbonyl (C=O) groups excluding carboxylic acids is 1. The third-order valence-electron chi connectivity index (χ3n) is 4.35. The Morgan fingerprint density at radius 3 is 3.00 bits per heavy atom. The molecule has 0 radical (unpaired) electrons. The lowest BCUT2D eigenvalue weighted by molar-refractivity contribution is -0.130. The van der Waals surface area contributed by atoms with Gasteiger partial charge in [-0.25, -0.2) is 4.98 Å². The molecular formula is C15H21N3O2. The first kappa shape index (κ1) is 13.4. The number of likely N-dealkylation sites (N-methyl/N-ethyl adjacent to an activating group) is 1. The highest BCUT2D eigenvalue weighted by atomic mass is 16.5. The molecular weight excluding hydrogens is 254 g/mol. The van der Waals surface area contributed by atoms with E-state index in [0.717, 1.165) is 13.0 Å². The predicted molar refractivity (Wildman–Crippen MR) is 75.4 cm³/mol. The maximum atomic E-state index is 11.9. The molecule has 3 atom stereocenters. The van der Waals surface area contributed by atoms with E-state index in [2.05, 4.69) is 9.88 Å². The summed E-state index contributed by atoms with van der Waals surface area (Å²) in [4.78, 5) is 20.0. The smallest absolute Gasteiger partial charge is 0.236 e. The maximum Gasteiger partial charge on any atom is 0.236 e. The SMILES string of the molecule is CN(C)C(=O)CN1C[C@H]2CC[C@H]1[C@@H]2Oc1ccccn1. The molecule has 2 bridgehead atoms. The largest absolute Gasteiger partial charge is 0.472 e. The Kier molecular flexibility index (Phi) is 3.61. The predicted octanol–water partition coefficient (Wildman–Crippen LogP) is 1.01. The van der Waals surface area contributed by atoms with E-state index in [1.54, 1.807) is 25.2 Å². The van der Waals surface area contributed by atoms with Gasteiger partial charge >= 0.3 is 0 Å². The number of carbonyl (C=O) groups is 1. The van der Waals surface area contributed by atoms with Gasteiger partial charge in [-0.1, -0.05) is 6.07 Å². The Morgan fingerprint density at radius 1 is 1.45 bits per heavy atom. The average molecular weight is 275 g/mol. The van der Waals surface area contributed by atoms with Crippen LogP contribution in [0.25, 0.3) is 0 Å². The van der Waals surface area contributed by atoms with Crippen LogP contribution in [0.5, 0.6) is 5.88 Å². The van der Waals surface area contributed by atoms with Gasteiger partial charge in [-0.2, -0.15) is 0 Å². The summed E-state index contributed by atoms with van der Waals surface area (Å²) in [5.41, 5.74) is 0. The van der Waals surface area contributed by atoms with Gasteiger partial charge in [0.1, 0.15) is 6.10 Å². The number of piperidine rings is 1. The molecule has 3 rings (SSSR count). The van der Waals surface area contributed by atoms with Gasteiger partial charge in [0, 0.05) is 44.9 Å². The number of amides is 1. The minimum atomic E-state index is 0.161. The minimum absolute atomic E-state index is 0.161. The molecule has 1 saturated heterocycles. The fourth-order valence-corrected chi connectivity index (χ4v) is 3.28. The number of aromatic nitrogens is 1. The van der Waals surface area contributed by atoms with Crippen LogP contribution >= 0.6 is 0 Å². The first-order chi connectivity index (χ1) is 9.65. The van der Waals surface area contributed by atoms with E-state index in [1.807, 2.05) is 18.2 Å². The van der Waals surface area contributed by atoms with Crippen LogP contribution < -0.4 is 4.74 Å². The van der Waals surface area contributed by atoms with Crippen molar-refractivity contribution in [2.24, 2.45) is 5.92 Å². The van der Waals surface area contributed by atoms with Gasteiger partial charge in [-0.15, -0.1) is 0 Å². The van der Waals surface area contributed by atoms with Gasteiger partial charge in [0.25, 0.3) is 0 Å². The normalized spacial score (nSPS) is 28.6.